The van der Waals surface area contributed by atoms with E-state index < -0.39 is 0 Å². The van der Waals surface area contributed by atoms with Gasteiger partial charge >= 0.3 is 0 Å². The van der Waals surface area contributed by atoms with Crippen molar-refractivity contribution < 1.29 is 23.2 Å². The summed E-state index contributed by atoms with van der Waals surface area (Å²) in [5.74, 6) is 1.38. The van der Waals surface area contributed by atoms with Gasteiger partial charge in [-0.15, -0.1) is 0 Å². The Morgan fingerprint density at radius 2 is 1.94 bits per heavy atom. The number of aryl methyl sites for hydroxylation is 1. The van der Waals surface area contributed by atoms with Crippen LogP contribution in [0.3, 0.4) is 0 Å². The summed E-state index contributed by atoms with van der Waals surface area (Å²) in [5.41, 5.74) is 1.12. The highest BCUT2D eigenvalue weighted by Crippen LogP contribution is 2.30. The molecule has 192 valence electrons. The molecule has 35 heavy (non-hydrogen) atoms. The van der Waals surface area contributed by atoms with Crippen LogP contribution in [-0.2, 0) is 14.3 Å². The molecule has 1 N–H and O–H groups in total. The molecule has 2 aliphatic heterocycles. The van der Waals surface area contributed by atoms with Gasteiger partial charge in [0.2, 0.25) is 5.91 Å². The van der Waals surface area contributed by atoms with Crippen molar-refractivity contribution in [2.45, 2.75) is 57.6 Å². The summed E-state index contributed by atoms with van der Waals surface area (Å²) in [6.07, 6.45) is 5.97. The van der Waals surface area contributed by atoms with E-state index in [2.05, 4.69) is 20.3 Å². The second kappa shape index (κ2) is 11.2. The second-order valence-electron chi connectivity index (χ2n) is 10.3. The highest BCUT2D eigenvalue weighted by Gasteiger charge is 2.26. The Morgan fingerprint density at radius 1 is 1.14 bits per heavy atom. The molecule has 9 heteroatoms. The van der Waals surface area contributed by atoms with Gasteiger partial charge in [-0.3, -0.25) is 9.69 Å². The number of anilines is 1. The number of carbonyl (C=O) groups is 1. The quantitative estimate of drug-likeness (QED) is 0.641. The highest BCUT2D eigenvalue weighted by atomic mass is 19.1. The molecule has 3 fully saturated rings. The third-order valence-electron chi connectivity index (χ3n) is 7.77. The topological polar surface area (TPSA) is 80.1 Å². The molecule has 1 aliphatic carbocycles. The number of nitrogens with zero attached hydrogens (tertiary/aromatic N) is 3. The zero-order valence-corrected chi connectivity index (χ0v) is 20.6. The first-order valence-corrected chi connectivity index (χ1v) is 13.1. The van der Waals surface area contributed by atoms with Crippen LogP contribution in [0.4, 0.5) is 10.2 Å². The molecule has 5 rings (SSSR count). The predicted molar refractivity (Wildman–Crippen MR) is 131 cm³/mol. The molecule has 1 aromatic carbocycles. The first kappa shape index (κ1) is 24.5. The van der Waals surface area contributed by atoms with E-state index in [4.69, 9.17) is 14.0 Å². The number of halogens is 1. The maximum Gasteiger partial charge on any atom is 0.222 e. The number of ether oxygens (including phenoxy) is 2. The SMILES string of the molecule is Cc1cc2c(N3CCN(CC[C@H]4CC[C@H](NC(=O)C[C@@H]5COCCO5)CC4)CC3)noc2cc1F. The number of amides is 1. The van der Waals surface area contributed by atoms with Gasteiger partial charge in [0.1, 0.15) is 5.82 Å². The van der Waals surface area contributed by atoms with Crippen molar-refractivity contribution in [3.8, 4) is 0 Å². The summed E-state index contributed by atoms with van der Waals surface area (Å²) in [6, 6.07) is 3.55. The van der Waals surface area contributed by atoms with Gasteiger partial charge in [0.05, 0.1) is 37.7 Å². The maximum absolute atomic E-state index is 13.8. The highest BCUT2D eigenvalue weighted by molar-refractivity contribution is 5.89. The number of piperazine rings is 1. The average Bonchev–Trinajstić information content (AvgIpc) is 3.27. The minimum Gasteiger partial charge on any atom is -0.376 e. The number of hydrogen-bond donors (Lipinski definition) is 1. The lowest BCUT2D eigenvalue weighted by atomic mass is 9.84. The molecule has 1 atom stereocenters. The van der Waals surface area contributed by atoms with Crippen LogP contribution in [0, 0.1) is 18.7 Å². The molecule has 1 aromatic heterocycles. The van der Waals surface area contributed by atoms with Crippen molar-refractivity contribution in [2.24, 2.45) is 5.92 Å². The predicted octanol–water partition coefficient (Wildman–Crippen LogP) is 3.27. The molecule has 1 amide bonds. The molecule has 0 spiro atoms. The van der Waals surface area contributed by atoms with Gasteiger partial charge in [0.15, 0.2) is 11.4 Å². The lowest BCUT2D eigenvalue weighted by Crippen LogP contribution is -2.47. The van der Waals surface area contributed by atoms with Gasteiger partial charge < -0.3 is 24.2 Å². The van der Waals surface area contributed by atoms with Crippen LogP contribution in [-0.4, -0.2) is 80.7 Å². The fraction of sp³-hybridized carbons (Fsp3) is 0.692. The van der Waals surface area contributed by atoms with Crippen LogP contribution in [0.5, 0.6) is 0 Å². The van der Waals surface area contributed by atoms with E-state index in [-0.39, 0.29) is 17.8 Å². The normalized spacial score (nSPS) is 26.2. The molecular formula is C26H37FN4O4. The Hall–Kier alpha value is -2.23. The van der Waals surface area contributed by atoms with Crippen molar-refractivity contribution >= 4 is 22.7 Å². The minimum atomic E-state index is -0.259. The number of nitrogens with one attached hydrogen (secondary N) is 1. The van der Waals surface area contributed by atoms with Crippen molar-refractivity contribution in [1.29, 1.82) is 0 Å². The van der Waals surface area contributed by atoms with Crippen molar-refractivity contribution in [2.75, 3.05) is 57.4 Å². The minimum absolute atomic E-state index is 0.0852. The number of rotatable bonds is 7. The van der Waals surface area contributed by atoms with E-state index in [1.165, 1.54) is 25.3 Å². The standard InChI is InChI=1S/C26H37FN4O4/c1-18-14-22-24(16-23(18)27)35-29-26(22)31-10-8-30(9-11-31)7-6-19-2-4-20(5-3-19)28-25(32)15-21-17-33-12-13-34-21/h14,16,19-21H,2-13,15,17H2,1H3,(H,28,32)/t19-,20-,21-/m1/s1. The van der Waals surface area contributed by atoms with Gasteiger partial charge in [0, 0.05) is 38.3 Å². The van der Waals surface area contributed by atoms with E-state index in [1.54, 1.807) is 6.92 Å². The van der Waals surface area contributed by atoms with Gasteiger partial charge in [0.25, 0.3) is 0 Å². The van der Waals surface area contributed by atoms with Gasteiger partial charge in [-0.25, -0.2) is 4.39 Å². The Bertz CT molecular complexity index is 993. The third kappa shape index (κ3) is 6.13. The molecular weight excluding hydrogens is 451 g/mol. The maximum atomic E-state index is 13.8. The van der Waals surface area contributed by atoms with E-state index in [0.717, 1.165) is 62.7 Å². The monoisotopic (exact) mass is 488 g/mol. The van der Waals surface area contributed by atoms with Crippen LogP contribution in [0.15, 0.2) is 16.7 Å². The summed E-state index contributed by atoms with van der Waals surface area (Å²) in [6.45, 7) is 8.38. The van der Waals surface area contributed by atoms with Crippen LogP contribution in [0.2, 0.25) is 0 Å². The second-order valence-corrected chi connectivity index (χ2v) is 10.3. The molecule has 0 radical (unpaired) electrons. The fourth-order valence-corrected chi connectivity index (χ4v) is 5.57. The molecule has 3 aliphatic rings. The summed E-state index contributed by atoms with van der Waals surface area (Å²) >= 11 is 0. The molecule has 2 aromatic rings. The van der Waals surface area contributed by atoms with E-state index in [1.807, 2.05) is 6.07 Å². The number of fused-ring (bicyclic) bond motifs is 1. The Kier molecular flexibility index (Phi) is 7.84. The van der Waals surface area contributed by atoms with Crippen molar-refractivity contribution in [3.63, 3.8) is 0 Å². The lowest BCUT2D eigenvalue weighted by molar-refractivity contribution is -0.132. The number of benzene rings is 1. The molecule has 1 saturated carbocycles. The largest absolute Gasteiger partial charge is 0.376 e. The van der Waals surface area contributed by atoms with Gasteiger partial charge in [-0.2, -0.15) is 0 Å². The van der Waals surface area contributed by atoms with Crippen molar-refractivity contribution in [3.05, 3.63) is 23.5 Å². The molecule has 8 nitrogen and oxygen atoms in total. The van der Waals surface area contributed by atoms with Crippen LogP contribution in [0.1, 0.15) is 44.1 Å². The molecule has 0 bridgehead atoms. The first-order valence-electron chi connectivity index (χ1n) is 13.1. The van der Waals surface area contributed by atoms with Crippen LogP contribution in [0.25, 0.3) is 11.0 Å². The molecule has 2 saturated heterocycles. The van der Waals surface area contributed by atoms with Crippen LogP contribution < -0.4 is 10.2 Å². The first-order chi connectivity index (χ1) is 17.0. The number of carbonyl (C=O) groups excluding carboxylic acids is 1. The molecule has 0 unspecified atom stereocenters. The average molecular weight is 489 g/mol. The Labute approximate surface area is 206 Å². The smallest absolute Gasteiger partial charge is 0.222 e. The van der Waals surface area contributed by atoms with Crippen molar-refractivity contribution in [1.82, 2.24) is 15.4 Å². The fourth-order valence-electron chi connectivity index (χ4n) is 5.57. The summed E-state index contributed by atoms with van der Waals surface area (Å²) in [7, 11) is 0. The summed E-state index contributed by atoms with van der Waals surface area (Å²) in [5, 5.41) is 8.32. The zero-order valence-electron chi connectivity index (χ0n) is 20.6. The Balaban J connectivity index is 1.00. The van der Waals surface area contributed by atoms with E-state index >= 15 is 0 Å². The van der Waals surface area contributed by atoms with E-state index in [9.17, 15) is 9.18 Å². The summed E-state index contributed by atoms with van der Waals surface area (Å²) in [4.78, 5) is 17.1. The van der Waals surface area contributed by atoms with Gasteiger partial charge in [-0.05, 0) is 63.1 Å². The lowest BCUT2D eigenvalue weighted by Gasteiger charge is -2.36. The van der Waals surface area contributed by atoms with Gasteiger partial charge in [-0.1, -0.05) is 5.16 Å². The summed E-state index contributed by atoms with van der Waals surface area (Å²) < 4.78 is 30.2. The zero-order chi connectivity index (χ0) is 24.2. The van der Waals surface area contributed by atoms with Crippen LogP contribution >= 0.6 is 0 Å². The van der Waals surface area contributed by atoms with E-state index in [0.29, 0.717) is 43.4 Å². The number of aromatic nitrogens is 1. The number of hydrogen-bond acceptors (Lipinski definition) is 7. The molecule has 3 heterocycles. The Morgan fingerprint density at radius 3 is 2.69 bits per heavy atom. The third-order valence-corrected chi connectivity index (χ3v) is 7.77.